The smallest absolute Gasteiger partial charge is 0.119 e. The molecule has 2 N–H and O–H groups in total. The molecule has 3 nitrogen and oxygen atoms in total. The molecule has 0 amide bonds. The van der Waals surface area contributed by atoms with Gasteiger partial charge in [0.1, 0.15) is 10.8 Å². The number of para-hydroxylation sites is 1. The molecule has 0 radical (unpaired) electrons. The third kappa shape index (κ3) is 3.67. The van der Waals surface area contributed by atoms with Gasteiger partial charge in [-0.25, -0.2) is 4.98 Å². The van der Waals surface area contributed by atoms with Crippen LogP contribution in [0.25, 0.3) is 0 Å². The molecule has 0 aliphatic heterocycles. The minimum atomic E-state index is 0.644. The maximum atomic E-state index is 5.79. The zero-order valence-electron chi connectivity index (χ0n) is 9.37. The number of rotatable bonds is 5. The molecule has 1 aromatic carbocycles. The van der Waals surface area contributed by atoms with Gasteiger partial charge < -0.3 is 10.5 Å². The Labute approximate surface area is 105 Å². The molecule has 0 bridgehead atoms. The van der Waals surface area contributed by atoms with E-state index in [2.05, 4.69) is 4.98 Å². The summed E-state index contributed by atoms with van der Waals surface area (Å²) < 4.78 is 5.58. The predicted octanol–water partition coefficient (Wildman–Crippen LogP) is 2.83. The molecule has 1 aromatic heterocycles. The van der Waals surface area contributed by atoms with Crippen LogP contribution >= 0.6 is 11.8 Å². The van der Waals surface area contributed by atoms with Crippen molar-refractivity contribution in [1.82, 2.24) is 4.98 Å². The molecule has 88 valence electrons. The standard InChI is InChI=1S/C13H14N2OS/c14-12-7-4-8-15-13(12)17-10-9-16-11-5-2-1-3-6-11/h1-8H,9-10,14H2. The third-order valence-electron chi connectivity index (χ3n) is 2.13. The Morgan fingerprint density at radius 1 is 1.12 bits per heavy atom. The van der Waals surface area contributed by atoms with Gasteiger partial charge in [0, 0.05) is 11.9 Å². The van der Waals surface area contributed by atoms with Crippen molar-refractivity contribution in [1.29, 1.82) is 0 Å². The molecule has 0 fully saturated rings. The van der Waals surface area contributed by atoms with Crippen molar-refractivity contribution >= 4 is 17.4 Å². The van der Waals surface area contributed by atoms with Crippen molar-refractivity contribution in [3.63, 3.8) is 0 Å². The second-order valence-electron chi connectivity index (χ2n) is 3.41. The summed E-state index contributed by atoms with van der Waals surface area (Å²) in [5.74, 6) is 1.72. The number of pyridine rings is 1. The fourth-order valence-corrected chi connectivity index (χ4v) is 2.07. The van der Waals surface area contributed by atoms with Gasteiger partial charge in [-0.15, -0.1) is 11.8 Å². The predicted molar refractivity (Wildman–Crippen MR) is 71.3 cm³/mol. The van der Waals surface area contributed by atoms with Gasteiger partial charge in [-0.1, -0.05) is 18.2 Å². The molecule has 0 spiro atoms. The quantitative estimate of drug-likeness (QED) is 0.651. The van der Waals surface area contributed by atoms with Crippen LogP contribution in [0, 0.1) is 0 Å². The number of ether oxygens (including phenoxy) is 1. The van der Waals surface area contributed by atoms with Crippen LogP contribution in [-0.4, -0.2) is 17.3 Å². The van der Waals surface area contributed by atoms with E-state index >= 15 is 0 Å². The maximum absolute atomic E-state index is 5.79. The van der Waals surface area contributed by atoms with Gasteiger partial charge in [0.2, 0.25) is 0 Å². The highest BCUT2D eigenvalue weighted by atomic mass is 32.2. The summed E-state index contributed by atoms with van der Waals surface area (Å²) in [6.45, 7) is 0.644. The summed E-state index contributed by atoms with van der Waals surface area (Å²) in [4.78, 5) is 4.21. The average molecular weight is 246 g/mol. The monoisotopic (exact) mass is 246 g/mol. The minimum Gasteiger partial charge on any atom is -0.493 e. The summed E-state index contributed by atoms with van der Waals surface area (Å²) in [5, 5.41) is 0.865. The van der Waals surface area contributed by atoms with Crippen LogP contribution in [0.1, 0.15) is 0 Å². The van der Waals surface area contributed by atoms with Gasteiger partial charge in [0.05, 0.1) is 12.3 Å². The van der Waals surface area contributed by atoms with Crippen LogP contribution in [0.4, 0.5) is 5.69 Å². The van der Waals surface area contributed by atoms with E-state index in [0.29, 0.717) is 6.61 Å². The van der Waals surface area contributed by atoms with Crippen molar-refractivity contribution in [2.75, 3.05) is 18.1 Å². The van der Waals surface area contributed by atoms with E-state index in [0.717, 1.165) is 22.2 Å². The van der Waals surface area contributed by atoms with E-state index in [1.54, 1.807) is 18.0 Å². The first-order valence-electron chi connectivity index (χ1n) is 5.37. The Balaban J connectivity index is 1.76. The first kappa shape index (κ1) is 11.8. The fourth-order valence-electron chi connectivity index (χ4n) is 1.34. The van der Waals surface area contributed by atoms with Crippen molar-refractivity contribution < 1.29 is 4.74 Å². The summed E-state index contributed by atoms with van der Waals surface area (Å²) >= 11 is 1.61. The SMILES string of the molecule is Nc1cccnc1SCCOc1ccccc1. The average Bonchev–Trinajstić information content (AvgIpc) is 2.38. The first-order chi connectivity index (χ1) is 8.36. The third-order valence-corrected chi connectivity index (χ3v) is 3.12. The number of anilines is 1. The molecular formula is C13H14N2OS. The Bertz CT molecular complexity index is 462. The number of aromatic nitrogens is 1. The number of thioether (sulfide) groups is 1. The van der Waals surface area contributed by atoms with Crippen molar-refractivity contribution in [2.45, 2.75) is 5.03 Å². The molecule has 0 saturated carbocycles. The number of nitrogens with zero attached hydrogens (tertiary/aromatic N) is 1. The summed E-state index contributed by atoms with van der Waals surface area (Å²) in [6, 6.07) is 13.5. The van der Waals surface area contributed by atoms with Gasteiger partial charge >= 0.3 is 0 Å². The van der Waals surface area contributed by atoms with Crippen molar-refractivity contribution in [3.05, 3.63) is 48.7 Å². The van der Waals surface area contributed by atoms with E-state index in [9.17, 15) is 0 Å². The Hall–Kier alpha value is -1.68. The summed E-state index contributed by atoms with van der Waals surface area (Å²) in [6.07, 6.45) is 1.75. The van der Waals surface area contributed by atoms with E-state index in [-0.39, 0.29) is 0 Å². The molecule has 0 aliphatic carbocycles. The lowest BCUT2D eigenvalue weighted by molar-refractivity contribution is 0.344. The van der Waals surface area contributed by atoms with E-state index < -0.39 is 0 Å². The van der Waals surface area contributed by atoms with E-state index in [1.807, 2.05) is 42.5 Å². The number of benzene rings is 1. The molecule has 17 heavy (non-hydrogen) atoms. The van der Waals surface area contributed by atoms with Gasteiger partial charge in [-0.05, 0) is 24.3 Å². The Morgan fingerprint density at radius 3 is 2.71 bits per heavy atom. The van der Waals surface area contributed by atoms with E-state index in [1.165, 1.54) is 0 Å². The Kier molecular flexibility index (Phi) is 4.27. The molecule has 0 unspecified atom stereocenters. The van der Waals surface area contributed by atoms with Crippen molar-refractivity contribution in [3.8, 4) is 5.75 Å². The lowest BCUT2D eigenvalue weighted by Gasteiger charge is -2.06. The Morgan fingerprint density at radius 2 is 1.94 bits per heavy atom. The number of hydrogen-bond donors (Lipinski definition) is 1. The van der Waals surface area contributed by atoms with Crippen molar-refractivity contribution in [2.24, 2.45) is 0 Å². The lowest BCUT2D eigenvalue weighted by atomic mass is 10.3. The maximum Gasteiger partial charge on any atom is 0.119 e. The van der Waals surface area contributed by atoms with Gasteiger partial charge in [0.25, 0.3) is 0 Å². The number of nitrogens with two attached hydrogens (primary N) is 1. The van der Waals surface area contributed by atoms with E-state index in [4.69, 9.17) is 10.5 Å². The molecular weight excluding hydrogens is 232 g/mol. The summed E-state index contributed by atoms with van der Waals surface area (Å²) in [5.41, 5.74) is 6.51. The van der Waals surface area contributed by atoms with Crippen LogP contribution in [0.5, 0.6) is 5.75 Å². The normalized spacial score (nSPS) is 10.1. The zero-order valence-corrected chi connectivity index (χ0v) is 10.2. The second-order valence-corrected chi connectivity index (χ2v) is 4.49. The molecule has 2 rings (SSSR count). The fraction of sp³-hybridized carbons (Fsp3) is 0.154. The molecule has 2 aromatic rings. The highest BCUT2D eigenvalue weighted by Gasteiger charge is 2.00. The topological polar surface area (TPSA) is 48.1 Å². The van der Waals surface area contributed by atoms with Crippen LogP contribution in [0.2, 0.25) is 0 Å². The number of hydrogen-bond acceptors (Lipinski definition) is 4. The van der Waals surface area contributed by atoms with Crippen LogP contribution in [0.3, 0.4) is 0 Å². The highest BCUT2D eigenvalue weighted by Crippen LogP contribution is 2.21. The molecule has 0 atom stereocenters. The summed E-state index contributed by atoms with van der Waals surface area (Å²) in [7, 11) is 0. The molecule has 1 heterocycles. The zero-order chi connectivity index (χ0) is 11.9. The number of nitrogen functional groups attached to an aromatic ring is 1. The lowest BCUT2D eigenvalue weighted by Crippen LogP contribution is -2.01. The van der Waals surface area contributed by atoms with Crippen LogP contribution in [0.15, 0.2) is 53.7 Å². The highest BCUT2D eigenvalue weighted by molar-refractivity contribution is 7.99. The second kappa shape index (κ2) is 6.15. The largest absolute Gasteiger partial charge is 0.493 e. The van der Waals surface area contributed by atoms with Gasteiger partial charge in [-0.2, -0.15) is 0 Å². The minimum absolute atomic E-state index is 0.644. The first-order valence-corrected chi connectivity index (χ1v) is 6.36. The van der Waals surface area contributed by atoms with Gasteiger partial charge in [-0.3, -0.25) is 0 Å². The van der Waals surface area contributed by atoms with Gasteiger partial charge in [0.15, 0.2) is 0 Å². The van der Waals surface area contributed by atoms with Crippen LogP contribution in [-0.2, 0) is 0 Å². The molecule has 0 saturated heterocycles. The molecule has 4 heteroatoms. The van der Waals surface area contributed by atoms with Crippen LogP contribution < -0.4 is 10.5 Å². The molecule has 0 aliphatic rings.